The Balaban J connectivity index is 1.93. The van der Waals surface area contributed by atoms with Crippen molar-refractivity contribution in [3.05, 3.63) is 55.6 Å². The molecule has 0 bridgehead atoms. The predicted molar refractivity (Wildman–Crippen MR) is 99.2 cm³/mol. The maximum atomic E-state index is 13.2. The van der Waals surface area contributed by atoms with Gasteiger partial charge in [-0.1, -0.05) is 0 Å². The zero-order valence-electron chi connectivity index (χ0n) is 14.9. The van der Waals surface area contributed by atoms with Gasteiger partial charge in [-0.15, -0.1) is 0 Å². The minimum atomic E-state index is -0.231. The maximum absolute atomic E-state index is 13.2. The minimum Gasteiger partial charge on any atom is -0.376 e. The Hall–Kier alpha value is -1.92. The van der Waals surface area contributed by atoms with Crippen molar-refractivity contribution in [2.45, 2.75) is 39.3 Å². The number of thiophene rings is 1. The summed E-state index contributed by atoms with van der Waals surface area (Å²) in [6.45, 7) is 5.47. The topological polar surface area (TPSA) is 51.5 Å². The average Bonchev–Trinajstić information content (AvgIpc) is 3.26. The Morgan fingerprint density at radius 1 is 1.44 bits per heavy atom. The number of carbonyl (C=O) groups is 1. The molecule has 0 aromatic carbocycles. The van der Waals surface area contributed by atoms with Crippen LogP contribution in [-0.2, 0) is 18.3 Å². The van der Waals surface area contributed by atoms with Gasteiger partial charge in [0, 0.05) is 32.4 Å². The normalized spacial score (nSPS) is 17.0. The smallest absolute Gasteiger partial charge is 0.263 e. The van der Waals surface area contributed by atoms with Crippen molar-refractivity contribution in [1.29, 1.82) is 0 Å². The molecule has 0 N–H and O–H groups in total. The second-order valence-electron chi connectivity index (χ2n) is 6.66. The Bertz CT molecular complexity index is 805. The lowest BCUT2D eigenvalue weighted by atomic mass is 10.1. The molecule has 25 heavy (non-hydrogen) atoms. The van der Waals surface area contributed by atoms with Gasteiger partial charge in [0.25, 0.3) is 11.5 Å². The van der Waals surface area contributed by atoms with Crippen LogP contribution in [0.5, 0.6) is 0 Å². The molecule has 0 spiro atoms. The summed E-state index contributed by atoms with van der Waals surface area (Å²) in [7, 11) is 1.71. The fraction of sp³-hybridized carbons (Fsp3) is 0.474. The van der Waals surface area contributed by atoms with Gasteiger partial charge in [-0.3, -0.25) is 9.59 Å². The van der Waals surface area contributed by atoms with Gasteiger partial charge >= 0.3 is 0 Å². The van der Waals surface area contributed by atoms with Gasteiger partial charge in [-0.2, -0.15) is 11.3 Å². The summed E-state index contributed by atoms with van der Waals surface area (Å²) >= 11 is 1.61. The van der Waals surface area contributed by atoms with E-state index in [2.05, 4.69) is 0 Å². The van der Waals surface area contributed by atoms with Crippen LogP contribution < -0.4 is 5.56 Å². The van der Waals surface area contributed by atoms with Crippen LogP contribution in [0.4, 0.5) is 0 Å². The lowest BCUT2D eigenvalue weighted by Gasteiger charge is -2.26. The van der Waals surface area contributed by atoms with Crippen molar-refractivity contribution in [2.75, 3.05) is 13.2 Å². The molecule has 1 fully saturated rings. The highest BCUT2D eigenvalue weighted by Gasteiger charge is 2.27. The van der Waals surface area contributed by atoms with E-state index in [-0.39, 0.29) is 23.1 Å². The second kappa shape index (κ2) is 7.54. The van der Waals surface area contributed by atoms with Crippen molar-refractivity contribution in [3.8, 4) is 0 Å². The number of pyridine rings is 1. The predicted octanol–water partition coefficient (Wildman–Crippen LogP) is 2.89. The van der Waals surface area contributed by atoms with Crippen molar-refractivity contribution >= 4 is 17.2 Å². The summed E-state index contributed by atoms with van der Waals surface area (Å²) in [4.78, 5) is 27.7. The van der Waals surface area contributed by atoms with Gasteiger partial charge in [0.05, 0.1) is 6.10 Å². The number of amides is 1. The van der Waals surface area contributed by atoms with Crippen LogP contribution >= 0.6 is 11.3 Å². The van der Waals surface area contributed by atoms with E-state index in [0.29, 0.717) is 13.1 Å². The number of ether oxygens (including phenoxy) is 1. The molecule has 1 aliphatic rings. The highest BCUT2D eigenvalue weighted by molar-refractivity contribution is 7.07. The monoisotopic (exact) mass is 360 g/mol. The fourth-order valence-electron chi connectivity index (χ4n) is 3.25. The molecular formula is C19H24N2O3S. The molecule has 3 heterocycles. The zero-order chi connectivity index (χ0) is 18.0. The van der Waals surface area contributed by atoms with E-state index in [9.17, 15) is 9.59 Å². The Kier molecular flexibility index (Phi) is 5.39. The number of rotatable bonds is 5. The average molecular weight is 360 g/mol. The van der Waals surface area contributed by atoms with Crippen LogP contribution in [0.1, 0.15) is 40.0 Å². The Morgan fingerprint density at radius 2 is 2.24 bits per heavy atom. The maximum Gasteiger partial charge on any atom is 0.263 e. The first-order valence-corrected chi connectivity index (χ1v) is 9.51. The molecule has 5 nitrogen and oxygen atoms in total. The number of hydrogen-bond donors (Lipinski definition) is 0. The summed E-state index contributed by atoms with van der Waals surface area (Å²) < 4.78 is 7.25. The fourth-order valence-corrected chi connectivity index (χ4v) is 3.91. The first kappa shape index (κ1) is 17.9. The minimum absolute atomic E-state index is 0.0530. The van der Waals surface area contributed by atoms with E-state index in [4.69, 9.17) is 4.74 Å². The van der Waals surface area contributed by atoms with Crippen molar-refractivity contribution in [1.82, 2.24) is 9.47 Å². The first-order valence-electron chi connectivity index (χ1n) is 8.56. The molecule has 134 valence electrons. The number of aromatic nitrogens is 1. The van der Waals surface area contributed by atoms with Gasteiger partial charge in [0.15, 0.2) is 0 Å². The molecule has 1 atom stereocenters. The van der Waals surface area contributed by atoms with E-state index < -0.39 is 0 Å². The number of aryl methyl sites for hydroxylation is 2. The highest BCUT2D eigenvalue weighted by atomic mass is 32.1. The molecule has 1 amide bonds. The summed E-state index contributed by atoms with van der Waals surface area (Å²) in [5.41, 5.74) is 2.69. The Labute approximate surface area is 151 Å². The quantitative estimate of drug-likeness (QED) is 0.824. The molecule has 0 aliphatic carbocycles. The van der Waals surface area contributed by atoms with E-state index in [0.717, 1.165) is 36.3 Å². The lowest BCUT2D eigenvalue weighted by Crippen LogP contribution is -2.41. The number of carbonyl (C=O) groups excluding carboxylic acids is 1. The van der Waals surface area contributed by atoms with Crippen LogP contribution in [0.15, 0.2) is 27.7 Å². The molecule has 1 saturated heterocycles. The molecule has 1 aliphatic heterocycles. The van der Waals surface area contributed by atoms with Crippen LogP contribution in [0, 0.1) is 13.8 Å². The summed E-state index contributed by atoms with van der Waals surface area (Å²) in [6, 6.07) is 3.91. The zero-order valence-corrected chi connectivity index (χ0v) is 15.8. The molecule has 6 heteroatoms. The van der Waals surface area contributed by atoms with Gasteiger partial charge in [0.1, 0.15) is 5.56 Å². The lowest BCUT2D eigenvalue weighted by molar-refractivity contribution is 0.0505. The molecule has 2 aromatic rings. The Morgan fingerprint density at radius 3 is 2.88 bits per heavy atom. The van der Waals surface area contributed by atoms with Gasteiger partial charge in [-0.05, 0) is 60.7 Å². The molecule has 0 saturated carbocycles. The van der Waals surface area contributed by atoms with Crippen molar-refractivity contribution in [2.24, 2.45) is 7.05 Å². The third-order valence-corrected chi connectivity index (χ3v) is 5.50. The first-order chi connectivity index (χ1) is 12.0. The van der Waals surface area contributed by atoms with E-state index in [1.807, 2.05) is 36.7 Å². The molecule has 2 aromatic heterocycles. The molecular weight excluding hydrogens is 336 g/mol. The molecule has 0 radical (unpaired) electrons. The highest BCUT2D eigenvalue weighted by Crippen LogP contribution is 2.19. The molecule has 1 unspecified atom stereocenters. The third kappa shape index (κ3) is 3.85. The number of nitrogens with zero attached hydrogens (tertiary/aromatic N) is 2. The summed E-state index contributed by atoms with van der Waals surface area (Å²) in [5, 5.41) is 4.04. The summed E-state index contributed by atoms with van der Waals surface area (Å²) in [5.74, 6) is -0.209. The van der Waals surface area contributed by atoms with Gasteiger partial charge in [-0.25, -0.2) is 0 Å². The van der Waals surface area contributed by atoms with Crippen LogP contribution in [0.2, 0.25) is 0 Å². The SMILES string of the molecule is Cc1cc(C)n(C)c(=O)c1C(=O)N(Cc1ccsc1)CC1CCCO1. The molecule has 3 rings (SSSR count). The van der Waals surface area contributed by atoms with E-state index >= 15 is 0 Å². The van der Waals surface area contributed by atoms with Crippen molar-refractivity contribution < 1.29 is 9.53 Å². The summed E-state index contributed by atoms with van der Waals surface area (Å²) in [6.07, 6.45) is 2.03. The van der Waals surface area contributed by atoms with Crippen LogP contribution in [0.25, 0.3) is 0 Å². The van der Waals surface area contributed by atoms with E-state index in [1.165, 1.54) is 4.57 Å². The van der Waals surface area contributed by atoms with Crippen LogP contribution in [0.3, 0.4) is 0 Å². The number of hydrogen-bond acceptors (Lipinski definition) is 4. The van der Waals surface area contributed by atoms with Gasteiger partial charge in [0.2, 0.25) is 0 Å². The van der Waals surface area contributed by atoms with Crippen molar-refractivity contribution in [3.63, 3.8) is 0 Å². The largest absolute Gasteiger partial charge is 0.376 e. The van der Waals surface area contributed by atoms with Gasteiger partial charge < -0.3 is 14.2 Å². The standard InChI is InChI=1S/C19H24N2O3S/c1-13-9-14(2)20(3)18(22)17(13)19(23)21(10-15-6-8-25-12-15)11-16-5-4-7-24-16/h6,8-9,12,16H,4-5,7,10-11H2,1-3H3. The van der Waals surface area contributed by atoms with E-state index in [1.54, 1.807) is 23.3 Å². The third-order valence-electron chi connectivity index (χ3n) is 4.77. The van der Waals surface area contributed by atoms with Crippen LogP contribution in [-0.4, -0.2) is 34.6 Å². The second-order valence-corrected chi connectivity index (χ2v) is 7.44.